The van der Waals surface area contributed by atoms with Gasteiger partial charge in [-0.2, -0.15) is 0 Å². The molecule has 0 amide bonds. The summed E-state index contributed by atoms with van der Waals surface area (Å²) in [5.74, 6) is 0.646. The van der Waals surface area contributed by atoms with Crippen LogP contribution < -0.4 is 10.9 Å². The molecule has 0 fully saturated rings. The monoisotopic (exact) mass is 396 g/mol. The third-order valence-corrected chi connectivity index (χ3v) is 5.26. The van der Waals surface area contributed by atoms with Gasteiger partial charge in [0.05, 0.1) is 17.9 Å². The van der Waals surface area contributed by atoms with Crippen molar-refractivity contribution in [2.75, 3.05) is 5.32 Å². The van der Waals surface area contributed by atoms with Gasteiger partial charge < -0.3 is 10.3 Å². The highest BCUT2D eigenvalue weighted by Gasteiger charge is 2.19. The number of fused-ring (bicyclic) bond motifs is 2. The highest BCUT2D eigenvalue weighted by atomic mass is 16.1. The minimum Gasteiger partial charge on any atom is -0.362 e. The molecule has 1 aromatic carbocycles. The van der Waals surface area contributed by atoms with Crippen LogP contribution in [0.15, 0.2) is 72.2 Å². The Kier molecular flexibility index (Phi) is 4.28. The summed E-state index contributed by atoms with van der Waals surface area (Å²) in [6.07, 6.45) is 4.95. The molecule has 4 heterocycles. The Hall–Kier alpha value is -4.00. The Morgan fingerprint density at radius 1 is 1.07 bits per heavy atom. The summed E-state index contributed by atoms with van der Waals surface area (Å²) < 4.78 is 1.71. The maximum absolute atomic E-state index is 13.5. The average Bonchev–Trinajstić information content (AvgIpc) is 3.24. The number of aryl methyl sites for hydroxylation is 1. The lowest BCUT2D eigenvalue weighted by molar-refractivity contribution is 0.869. The number of aromatic nitrogens is 5. The molecule has 7 heteroatoms. The van der Waals surface area contributed by atoms with Gasteiger partial charge in [0.1, 0.15) is 11.8 Å². The van der Waals surface area contributed by atoms with Crippen molar-refractivity contribution in [3.05, 3.63) is 88.9 Å². The number of nitrogens with one attached hydrogen (secondary N) is 2. The lowest BCUT2D eigenvalue weighted by Gasteiger charge is -2.20. The SMILES string of the molecule is Cc1ccc2cc([C@@H](C)Nc3ncnc4nc[nH]c34)c(-c3ccccc3)c(=O)n2c1. The van der Waals surface area contributed by atoms with E-state index in [1.807, 2.05) is 62.5 Å². The molecule has 2 N–H and O–H groups in total. The summed E-state index contributed by atoms with van der Waals surface area (Å²) in [6.45, 7) is 4.01. The van der Waals surface area contributed by atoms with E-state index >= 15 is 0 Å². The van der Waals surface area contributed by atoms with Gasteiger partial charge in [-0.1, -0.05) is 36.4 Å². The molecule has 0 saturated carbocycles. The van der Waals surface area contributed by atoms with E-state index in [1.165, 1.54) is 6.33 Å². The molecule has 0 saturated heterocycles. The summed E-state index contributed by atoms with van der Waals surface area (Å²) in [5.41, 5.74) is 5.64. The van der Waals surface area contributed by atoms with E-state index in [4.69, 9.17) is 0 Å². The van der Waals surface area contributed by atoms with Gasteiger partial charge in [-0.25, -0.2) is 15.0 Å². The minimum atomic E-state index is -0.180. The van der Waals surface area contributed by atoms with Crippen LogP contribution >= 0.6 is 0 Å². The van der Waals surface area contributed by atoms with Gasteiger partial charge in [0, 0.05) is 11.7 Å². The molecular weight excluding hydrogens is 376 g/mol. The Morgan fingerprint density at radius 2 is 1.90 bits per heavy atom. The lowest BCUT2D eigenvalue weighted by Crippen LogP contribution is -2.21. The van der Waals surface area contributed by atoms with Crippen molar-refractivity contribution in [2.24, 2.45) is 0 Å². The first-order valence-corrected chi connectivity index (χ1v) is 9.74. The second kappa shape index (κ2) is 7.11. The largest absolute Gasteiger partial charge is 0.362 e. The first-order chi connectivity index (χ1) is 14.6. The molecule has 0 aliphatic rings. The van der Waals surface area contributed by atoms with Crippen LogP contribution in [0.1, 0.15) is 24.1 Å². The van der Waals surface area contributed by atoms with Crippen LogP contribution in [0.2, 0.25) is 0 Å². The fourth-order valence-corrected chi connectivity index (χ4v) is 3.78. The predicted octanol–water partition coefficient (Wildman–Crippen LogP) is 4.11. The van der Waals surface area contributed by atoms with Crippen molar-refractivity contribution in [2.45, 2.75) is 19.9 Å². The van der Waals surface area contributed by atoms with Crippen molar-refractivity contribution < 1.29 is 0 Å². The number of rotatable bonds is 4. The second-order valence-electron chi connectivity index (χ2n) is 7.34. The first kappa shape index (κ1) is 18.1. The van der Waals surface area contributed by atoms with Crippen LogP contribution in [0.3, 0.4) is 0 Å². The fraction of sp³-hybridized carbons (Fsp3) is 0.130. The number of H-pyrrole nitrogens is 1. The molecule has 148 valence electrons. The van der Waals surface area contributed by atoms with E-state index in [1.54, 1.807) is 10.7 Å². The zero-order chi connectivity index (χ0) is 20.7. The van der Waals surface area contributed by atoms with Crippen molar-refractivity contribution in [3.63, 3.8) is 0 Å². The molecule has 7 nitrogen and oxygen atoms in total. The third kappa shape index (κ3) is 3.00. The van der Waals surface area contributed by atoms with E-state index in [9.17, 15) is 4.79 Å². The Morgan fingerprint density at radius 3 is 2.73 bits per heavy atom. The Labute approximate surface area is 172 Å². The highest BCUT2D eigenvalue weighted by Crippen LogP contribution is 2.29. The molecule has 4 aromatic heterocycles. The maximum atomic E-state index is 13.5. The molecule has 30 heavy (non-hydrogen) atoms. The lowest BCUT2D eigenvalue weighted by atomic mass is 9.96. The number of anilines is 1. The van der Waals surface area contributed by atoms with Crippen LogP contribution in [0.25, 0.3) is 27.8 Å². The van der Waals surface area contributed by atoms with Gasteiger partial charge in [0.15, 0.2) is 11.5 Å². The molecule has 0 bridgehead atoms. The van der Waals surface area contributed by atoms with Crippen LogP contribution in [0.5, 0.6) is 0 Å². The number of nitrogens with zero attached hydrogens (tertiary/aromatic N) is 4. The van der Waals surface area contributed by atoms with Crippen molar-refractivity contribution in [1.82, 2.24) is 24.3 Å². The summed E-state index contributed by atoms with van der Waals surface area (Å²) in [5, 5.41) is 3.43. The molecule has 0 aliphatic heterocycles. The Bertz CT molecular complexity index is 1420. The van der Waals surface area contributed by atoms with Gasteiger partial charge in [-0.15, -0.1) is 0 Å². The number of aromatic amines is 1. The minimum absolute atomic E-state index is 0.0413. The molecule has 0 aliphatic carbocycles. The molecule has 0 radical (unpaired) electrons. The fourth-order valence-electron chi connectivity index (χ4n) is 3.78. The predicted molar refractivity (Wildman–Crippen MR) is 118 cm³/mol. The first-order valence-electron chi connectivity index (χ1n) is 9.74. The van der Waals surface area contributed by atoms with Crippen molar-refractivity contribution >= 4 is 22.5 Å². The summed E-state index contributed by atoms with van der Waals surface area (Å²) in [4.78, 5) is 29.3. The van der Waals surface area contributed by atoms with E-state index in [-0.39, 0.29) is 11.6 Å². The number of hydrogen-bond donors (Lipinski definition) is 2. The van der Waals surface area contributed by atoms with Gasteiger partial charge in [-0.3, -0.25) is 9.20 Å². The van der Waals surface area contributed by atoms with Gasteiger partial charge >= 0.3 is 0 Å². The Balaban J connectivity index is 1.70. The number of benzene rings is 1. The van der Waals surface area contributed by atoms with Crippen LogP contribution in [0.4, 0.5) is 5.82 Å². The van der Waals surface area contributed by atoms with Crippen LogP contribution in [-0.4, -0.2) is 24.3 Å². The van der Waals surface area contributed by atoms with Gasteiger partial charge in [0.2, 0.25) is 0 Å². The quantitative estimate of drug-likeness (QED) is 0.477. The van der Waals surface area contributed by atoms with E-state index < -0.39 is 0 Å². The number of imidazole rings is 1. The molecule has 1 atom stereocenters. The molecular formula is C23H20N6O. The van der Waals surface area contributed by atoms with E-state index in [2.05, 4.69) is 31.3 Å². The second-order valence-corrected chi connectivity index (χ2v) is 7.34. The summed E-state index contributed by atoms with van der Waals surface area (Å²) in [6, 6.07) is 15.6. The topological polar surface area (TPSA) is 88.0 Å². The number of hydrogen-bond acceptors (Lipinski definition) is 5. The normalized spacial score (nSPS) is 12.3. The maximum Gasteiger partial charge on any atom is 0.263 e. The summed E-state index contributed by atoms with van der Waals surface area (Å²) in [7, 11) is 0. The van der Waals surface area contributed by atoms with Crippen LogP contribution in [0, 0.1) is 6.92 Å². The van der Waals surface area contributed by atoms with Gasteiger partial charge in [-0.05, 0) is 42.7 Å². The van der Waals surface area contributed by atoms with Crippen LogP contribution in [-0.2, 0) is 0 Å². The molecule has 0 unspecified atom stereocenters. The zero-order valence-corrected chi connectivity index (χ0v) is 16.6. The molecule has 0 spiro atoms. The van der Waals surface area contributed by atoms with E-state index in [0.717, 1.165) is 27.7 Å². The zero-order valence-electron chi connectivity index (χ0n) is 16.6. The van der Waals surface area contributed by atoms with Gasteiger partial charge in [0.25, 0.3) is 5.56 Å². The highest BCUT2D eigenvalue weighted by molar-refractivity contribution is 5.82. The third-order valence-electron chi connectivity index (χ3n) is 5.26. The summed E-state index contributed by atoms with van der Waals surface area (Å²) >= 11 is 0. The van der Waals surface area contributed by atoms with E-state index in [0.29, 0.717) is 17.0 Å². The molecule has 5 rings (SSSR count). The smallest absolute Gasteiger partial charge is 0.263 e. The standard InChI is InChI=1S/C23H20N6O/c1-14-8-9-17-10-18(15(2)28-22-20-21(25-12-24-20)26-13-27-22)19(23(30)29(17)11-14)16-6-4-3-5-7-16/h3-13,15H,1-2H3,(H2,24,25,26,27,28)/t15-/m1/s1. The number of pyridine rings is 2. The average molecular weight is 396 g/mol. The van der Waals surface area contributed by atoms with Crippen molar-refractivity contribution in [1.29, 1.82) is 0 Å². The van der Waals surface area contributed by atoms with Crippen molar-refractivity contribution in [3.8, 4) is 11.1 Å². The molecule has 5 aromatic rings.